The Morgan fingerprint density at radius 2 is 2.00 bits per heavy atom. The third-order valence-corrected chi connectivity index (χ3v) is 5.46. The molecule has 0 radical (unpaired) electrons. The van der Waals surface area contributed by atoms with Crippen molar-refractivity contribution in [3.05, 3.63) is 70.8 Å². The molecule has 2 heterocycles. The van der Waals surface area contributed by atoms with Gasteiger partial charge in [-0.05, 0) is 42.3 Å². The SMILES string of the molecule is CCCOC(=O)c1cccc(Nc2ncnc3scc(-c4ccc(Cl)cc4)c23)c1. The average Bonchev–Trinajstić information content (AvgIpc) is 3.18. The van der Waals surface area contributed by atoms with Crippen LogP contribution in [0.25, 0.3) is 21.3 Å². The van der Waals surface area contributed by atoms with E-state index in [0.29, 0.717) is 23.0 Å². The summed E-state index contributed by atoms with van der Waals surface area (Å²) in [4.78, 5) is 21.9. The Morgan fingerprint density at radius 3 is 2.79 bits per heavy atom. The highest BCUT2D eigenvalue weighted by Gasteiger charge is 2.14. The van der Waals surface area contributed by atoms with E-state index < -0.39 is 0 Å². The minimum atomic E-state index is -0.333. The van der Waals surface area contributed by atoms with Gasteiger partial charge in [-0.25, -0.2) is 14.8 Å². The number of anilines is 2. The van der Waals surface area contributed by atoms with Crippen molar-refractivity contribution in [2.24, 2.45) is 0 Å². The Labute approximate surface area is 177 Å². The second-order valence-corrected chi connectivity index (χ2v) is 7.69. The molecule has 0 aliphatic heterocycles. The van der Waals surface area contributed by atoms with Crippen molar-refractivity contribution >= 4 is 50.6 Å². The first-order valence-corrected chi connectivity index (χ1v) is 10.4. The number of fused-ring (bicyclic) bond motifs is 1. The number of carbonyl (C=O) groups excluding carboxylic acids is 1. The minimum Gasteiger partial charge on any atom is -0.462 e. The van der Waals surface area contributed by atoms with Gasteiger partial charge in [0.2, 0.25) is 0 Å². The lowest BCUT2D eigenvalue weighted by Crippen LogP contribution is -2.06. The second-order valence-electron chi connectivity index (χ2n) is 6.40. The third-order valence-electron chi connectivity index (χ3n) is 4.32. The Kier molecular flexibility index (Phi) is 5.74. The molecule has 29 heavy (non-hydrogen) atoms. The van der Waals surface area contributed by atoms with Crippen molar-refractivity contribution in [2.45, 2.75) is 13.3 Å². The first-order chi connectivity index (χ1) is 14.2. The molecule has 4 rings (SSSR count). The van der Waals surface area contributed by atoms with Crippen LogP contribution in [0.4, 0.5) is 11.5 Å². The first-order valence-electron chi connectivity index (χ1n) is 9.18. The third kappa shape index (κ3) is 4.23. The minimum absolute atomic E-state index is 0.333. The Bertz CT molecular complexity index is 1160. The van der Waals surface area contributed by atoms with Gasteiger partial charge >= 0.3 is 5.97 Å². The van der Waals surface area contributed by atoms with Crippen molar-refractivity contribution in [3.63, 3.8) is 0 Å². The van der Waals surface area contributed by atoms with Crippen LogP contribution in [0, 0.1) is 0 Å². The average molecular weight is 424 g/mol. The number of carbonyl (C=O) groups is 1. The number of nitrogens with one attached hydrogen (secondary N) is 1. The van der Waals surface area contributed by atoms with E-state index in [1.807, 2.05) is 43.3 Å². The lowest BCUT2D eigenvalue weighted by atomic mass is 10.1. The molecule has 0 fully saturated rings. The van der Waals surface area contributed by atoms with Crippen LogP contribution in [0.5, 0.6) is 0 Å². The molecular formula is C22H18ClN3O2S. The number of rotatable bonds is 6. The van der Waals surface area contributed by atoms with Gasteiger partial charge in [-0.1, -0.05) is 36.7 Å². The van der Waals surface area contributed by atoms with E-state index in [1.54, 1.807) is 23.5 Å². The zero-order valence-electron chi connectivity index (χ0n) is 15.7. The molecule has 0 spiro atoms. The number of nitrogens with zero attached hydrogens (tertiary/aromatic N) is 2. The van der Waals surface area contributed by atoms with Crippen LogP contribution < -0.4 is 5.32 Å². The lowest BCUT2D eigenvalue weighted by molar-refractivity contribution is 0.0505. The molecule has 0 amide bonds. The van der Waals surface area contributed by atoms with Gasteiger partial charge < -0.3 is 10.1 Å². The van der Waals surface area contributed by atoms with Crippen molar-refractivity contribution in [3.8, 4) is 11.1 Å². The molecule has 0 saturated heterocycles. The number of hydrogen-bond donors (Lipinski definition) is 1. The maximum Gasteiger partial charge on any atom is 0.338 e. The summed E-state index contributed by atoms with van der Waals surface area (Å²) in [5.41, 5.74) is 3.32. The molecule has 7 heteroatoms. The molecule has 0 bridgehead atoms. The number of thiophene rings is 1. The molecule has 0 aliphatic carbocycles. The zero-order valence-corrected chi connectivity index (χ0v) is 17.3. The number of halogens is 1. The summed E-state index contributed by atoms with van der Waals surface area (Å²) in [6, 6.07) is 14.9. The van der Waals surface area contributed by atoms with E-state index in [0.717, 1.165) is 33.5 Å². The zero-order chi connectivity index (χ0) is 20.2. The molecule has 146 valence electrons. The Hall–Kier alpha value is -2.96. The molecule has 0 aliphatic rings. The number of benzene rings is 2. The van der Waals surface area contributed by atoms with Crippen LogP contribution in [-0.2, 0) is 4.74 Å². The van der Waals surface area contributed by atoms with E-state index in [9.17, 15) is 4.79 Å². The van der Waals surface area contributed by atoms with Crippen LogP contribution in [0.1, 0.15) is 23.7 Å². The van der Waals surface area contributed by atoms with Gasteiger partial charge in [0.15, 0.2) is 0 Å². The Morgan fingerprint density at radius 1 is 1.17 bits per heavy atom. The first kappa shape index (κ1) is 19.4. The standard InChI is InChI=1S/C22H18ClN3O2S/c1-2-10-28-22(27)15-4-3-5-17(11-15)26-20-19-18(12-29-21(19)25-13-24-20)14-6-8-16(23)9-7-14/h3-9,11-13H,2,10H2,1H3,(H,24,25,26). The summed E-state index contributed by atoms with van der Waals surface area (Å²) in [7, 11) is 0. The maximum atomic E-state index is 12.2. The summed E-state index contributed by atoms with van der Waals surface area (Å²) < 4.78 is 5.23. The summed E-state index contributed by atoms with van der Waals surface area (Å²) in [6.45, 7) is 2.37. The van der Waals surface area contributed by atoms with Crippen LogP contribution in [0.2, 0.25) is 5.02 Å². The monoisotopic (exact) mass is 423 g/mol. The number of aromatic nitrogens is 2. The molecular weight excluding hydrogens is 406 g/mol. The molecule has 5 nitrogen and oxygen atoms in total. The van der Waals surface area contributed by atoms with Crippen LogP contribution in [-0.4, -0.2) is 22.5 Å². The fourth-order valence-electron chi connectivity index (χ4n) is 2.95. The number of ether oxygens (including phenoxy) is 1. The molecule has 1 N–H and O–H groups in total. The number of hydrogen-bond acceptors (Lipinski definition) is 6. The van der Waals surface area contributed by atoms with E-state index in [2.05, 4.69) is 20.7 Å². The van der Waals surface area contributed by atoms with Gasteiger partial charge in [-0.3, -0.25) is 0 Å². The summed E-state index contributed by atoms with van der Waals surface area (Å²) in [5, 5.41) is 7.01. The second kappa shape index (κ2) is 8.59. The summed E-state index contributed by atoms with van der Waals surface area (Å²) >= 11 is 7.59. The molecule has 0 atom stereocenters. The van der Waals surface area contributed by atoms with E-state index in [-0.39, 0.29) is 5.97 Å². The van der Waals surface area contributed by atoms with Crippen LogP contribution in [0.3, 0.4) is 0 Å². The van der Waals surface area contributed by atoms with Gasteiger partial charge in [0, 0.05) is 21.7 Å². The van der Waals surface area contributed by atoms with Crippen molar-refractivity contribution < 1.29 is 9.53 Å². The fraction of sp³-hybridized carbons (Fsp3) is 0.136. The van der Waals surface area contributed by atoms with Gasteiger partial charge in [-0.2, -0.15) is 0 Å². The maximum absolute atomic E-state index is 12.2. The van der Waals surface area contributed by atoms with E-state index >= 15 is 0 Å². The fourth-order valence-corrected chi connectivity index (χ4v) is 3.99. The predicted octanol–water partition coefficient (Wildman–Crippen LogP) is 6.32. The molecule has 0 unspecified atom stereocenters. The molecule has 2 aromatic carbocycles. The topological polar surface area (TPSA) is 64.1 Å². The van der Waals surface area contributed by atoms with Crippen molar-refractivity contribution in [2.75, 3.05) is 11.9 Å². The largest absolute Gasteiger partial charge is 0.462 e. The smallest absolute Gasteiger partial charge is 0.338 e. The van der Waals surface area contributed by atoms with Crippen LogP contribution in [0.15, 0.2) is 60.2 Å². The molecule has 4 aromatic rings. The summed E-state index contributed by atoms with van der Waals surface area (Å²) in [6.07, 6.45) is 2.32. The molecule has 0 saturated carbocycles. The molecule has 2 aromatic heterocycles. The van der Waals surface area contributed by atoms with Gasteiger partial charge in [0.25, 0.3) is 0 Å². The Balaban J connectivity index is 1.69. The highest BCUT2D eigenvalue weighted by atomic mass is 35.5. The van der Waals surface area contributed by atoms with Gasteiger partial charge in [0.1, 0.15) is 17.0 Å². The van der Waals surface area contributed by atoms with Crippen LogP contribution >= 0.6 is 22.9 Å². The highest BCUT2D eigenvalue weighted by Crippen LogP contribution is 2.37. The quantitative estimate of drug-likeness (QED) is 0.367. The van der Waals surface area contributed by atoms with Gasteiger partial charge in [0.05, 0.1) is 17.6 Å². The van der Waals surface area contributed by atoms with E-state index in [1.165, 1.54) is 6.33 Å². The summed E-state index contributed by atoms with van der Waals surface area (Å²) in [5.74, 6) is 0.348. The highest BCUT2D eigenvalue weighted by molar-refractivity contribution is 7.17. The van der Waals surface area contributed by atoms with Crippen molar-refractivity contribution in [1.29, 1.82) is 0 Å². The predicted molar refractivity (Wildman–Crippen MR) is 118 cm³/mol. The lowest BCUT2D eigenvalue weighted by Gasteiger charge is -2.10. The van der Waals surface area contributed by atoms with Crippen molar-refractivity contribution in [1.82, 2.24) is 9.97 Å². The van der Waals surface area contributed by atoms with Gasteiger partial charge in [-0.15, -0.1) is 11.3 Å². The normalized spacial score (nSPS) is 10.8. The van der Waals surface area contributed by atoms with E-state index in [4.69, 9.17) is 16.3 Å². The number of esters is 1.